The number of aromatic carboxylic acids is 1. The third-order valence-corrected chi connectivity index (χ3v) is 9.24. The number of aromatic amines is 1. The first kappa shape index (κ1) is 28.0. The monoisotopic (exact) mass is 561 g/mol. The van der Waals surface area contributed by atoms with Gasteiger partial charge in [-0.3, -0.25) is 9.69 Å². The van der Waals surface area contributed by atoms with Crippen LogP contribution in [0, 0.1) is 11.8 Å². The van der Waals surface area contributed by atoms with E-state index in [1.807, 2.05) is 6.92 Å². The summed E-state index contributed by atoms with van der Waals surface area (Å²) in [5, 5.41) is 9.36. The molecule has 216 valence electrons. The predicted molar refractivity (Wildman–Crippen MR) is 168 cm³/mol. The van der Waals surface area contributed by atoms with Crippen molar-refractivity contribution in [2.75, 3.05) is 18.0 Å². The van der Waals surface area contributed by atoms with E-state index in [1.54, 1.807) is 0 Å². The van der Waals surface area contributed by atoms with Gasteiger partial charge < -0.3 is 15.0 Å². The van der Waals surface area contributed by atoms with Crippen LogP contribution in [-0.2, 0) is 19.5 Å². The summed E-state index contributed by atoms with van der Waals surface area (Å²) in [6, 6.07) is 32.1. The Hall–Kier alpha value is -4.16. The number of benzene rings is 3. The van der Waals surface area contributed by atoms with E-state index in [0.29, 0.717) is 30.0 Å². The third kappa shape index (κ3) is 5.90. The number of H-pyrrole nitrogens is 1. The molecular formula is C36H39N3O3. The Kier molecular flexibility index (Phi) is 8.24. The zero-order valence-electron chi connectivity index (χ0n) is 24.2. The van der Waals surface area contributed by atoms with Crippen LogP contribution in [0.4, 0.5) is 5.69 Å². The Morgan fingerprint density at radius 3 is 2.14 bits per heavy atom. The number of rotatable bonds is 9. The molecular weight excluding hydrogens is 522 g/mol. The molecule has 0 radical (unpaired) electrons. The molecule has 3 unspecified atom stereocenters. The maximum atomic E-state index is 12.4. The summed E-state index contributed by atoms with van der Waals surface area (Å²) < 4.78 is 0. The minimum Gasteiger partial charge on any atom is -0.477 e. The third-order valence-electron chi connectivity index (χ3n) is 9.24. The summed E-state index contributed by atoms with van der Waals surface area (Å²) >= 11 is 0. The second-order valence-corrected chi connectivity index (χ2v) is 11.8. The van der Waals surface area contributed by atoms with E-state index in [1.165, 1.54) is 42.1 Å². The molecule has 1 aromatic heterocycles. The Labute approximate surface area is 247 Å². The van der Waals surface area contributed by atoms with Gasteiger partial charge in [-0.2, -0.15) is 0 Å². The summed E-state index contributed by atoms with van der Waals surface area (Å²) in [7, 11) is 0. The lowest BCUT2D eigenvalue weighted by molar-refractivity contribution is 0.0695. The van der Waals surface area contributed by atoms with Gasteiger partial charge in [-0.05, 0) is 71.6 Å². The molecule has 1 saturated heterocycles. The number of nitrogens with one attached hydrogen (secondary N) is 1. The van der Waals surface area contributed by atoms with Crippen molar-refractivity contribution in [2.45, 2.75) is 51.7 Å². The number of hydrogen-bond donors (Lipinski definition) is 2. The maximum absolute atomic E-state index is 12.4. The van der Waals surface area contributed by atoms with Crippen LogP contribution in [0.2, 0.25) is 0 Å². The number of aromatic nitrogens is 1. The van der Waals surface area contributed by atoms with Crippen LogP contribution in [0.3, 0.4) is 0 Å². The van der Waals surface area contributed by atoms with Gasteiger partial charge in [0, 0.05) is 37.9 Å². The van der Waals surface area contributed by atoms with Crippen LogP contribution in [-0.4, -0.2) is 40.1 Å². The average molecular weight is 562 g/mol. The van der Waals surface area contributed by atoms with Crippen molar-refractivity contribution >= 4 is 11.7 Å². The number of carboxylic acid groups (broad SMARTS) is 1. The molecule has 2 fully saturated rings. The van der Waals surface area contributed by atoms with Crippen molar-refractivity contribution in [1.82, 2.24) is 9.88 Å². The van der Waals surface area contributed by atoms with Gasteiger partial charge in [0.1, 0.15) is 5.56 Å². The van der Waals surface area contributed by atoms with Crippen LogP contribution in [0.5, 0.6) is 0 Å². The van der Waals surface area contributed by atoms with Crippen molar-refractivity contribution < 1.29 is 9.90 Å². The Morgan fingerprint density at radius 2 is 1.55 bits per heavy atom. The number of carbonyl (C=O) groups is 1. The van der Waals surface area contributed by atoms with Gasteiger partial charge in [-0.1, -0.05) is 86.1 Å². The van der Waals surface area contributed by atoms with Crippen molar-refractivity contribution in [3.63, 3.8) is 0 Å². The first-order chi connectivity index (χ1) is 20.5. The number of pyridine rings is 1. The van der Waals surface area contributed by atoms with Gasteiger partial charge in [0.25, 0.3) is 5.56 Å². The fraction of sp³-hybridized carbons (Fsp3) is 0.333. The van der Waals surface area contributed by atoms with Gasteiger partial charge in [0.2, 0.25) is 0 Å². The molecule has 0 amide bonds. The summed E-state index contributed by atoms with van der Waals surface area (Å²) in [4.78, 5) is 32.0. The number of nitrogens with zero attached hydrogens (tertiary/aromatic N) is 2. The van der Waals surface area contributed by atoms with E-state index < -0.39 is 11.5 Å². The fourth-order valence-electron chi connectivity index (χ4n) is 7.14. The molecule has 2 N–H and O–H groups in total. The minimum atomic E-state index is -1.20. The molecule has 6 rings (SSSR count). The van der Waals surface area contributed by atoms with Gasteiger partial charge in [-0.25, -0.2) is 4.79 Å². The smallest absolute Gasteiger partial charge is 0.341 e. The van der Waals surface area contributed by atoms with Gasteiger partial charge in [0.05, 0.1) is 5.69 Å². The molecule has 6 heteroatoms. The number of hydrogen-bond acceptors (Lipinski definition) is 4. The molecule has 4 aromatic rings. The summed E-state index contributed by atoms with van der Waals surface area (Å²) in [6.45, 7) is 5.99. The first-order valence-corrected chi connectivity index (χ1v) is 15.2. The molecule has 42 heavy (non-hydrogen) atoms. The van der Waals surface area contributed by atoms with Crippen LogP contribution >= 0.6 is 0 Å². The largest absolute Gasteiger partial charge is 0.477 e. The fourth-order valence-corrected chi connectivity index (χ4v) is 7.14. The van der Waals surface area contributed by atoms with Crippen molar-refractivity contribution in [1.29, 1.82) is 0 Å². The normalized spacial score (nSPS) is 20.0. The summed E-state index contributed by atoms with van der Waals surface area (Å²) in [5.74, 6) is 0.0781. The highest BCUT2D eigenvalue weighted by Crippen LogP contribution is 2.41. The second kappa shape index (κ2) is 12.4. The SMILES string of the molecule is CCc1cc(C(=O)O)c(=O)[nH]c1-c1ccc(N2CC3CCCC(N(Cc4ccccc4)Cc4ccccc4)C3C2)cc1. The quantitative estimate of drug-likeness (QED) is 0.241. The van der Waals surface area contributed by atoms with Crippen molar-refractivity contribution in [3.05, 3.63) is 124 Å². The first-order valence-electron chi connectivity index (χ1n) is 15.2. The molecule has 1 saturated carbocycles. The van der Waals surface area contributed by atoms with Gasteiger partial charge >= 0.3 is 5.97 Å². The second-order valence-electron chi connectivity index (χ2n) is 11.8. The number of carboxylic acids is 1. The Balaban J connectivity index is 1.22. The Bertz CT molecular complexity index is 1530. The van der Waals surface area contributed by atoms with Gasteiger partial charge in [0.15, 0.2) is 0 Å². The molecule has 2 heterocycles. The van der Waals surface area contributed by atoms with E-state index in [9.17, 15) is 14.7 Å². The van der Waals surface area contributed by atoms with Gasteiger partial charge in [-0.15, -0.1) is 0 Å². The van der Waals surface area contributed by atoms with E-state index in [0.717, 1.165) is 37.3 Å². The van der Waals surface area contributed by atoms with E-state index in [2.05, 4.69) is 99.7 Å². The average Bonchev–Trinajstić information content (AvgIpc) is 3.46. The van der Waals surface area contributed by atoms with Crippen molar-refractivity contribution in [2.24, 2.45) is 11.8 Å². The Morgan fingerprint density at radius 1 is 0.905 bits per heavy atom. The van der Waals surface area contributed by atoms with Crippen LogP contribution in [0.25, 0.3) is 11.3 Å². The number of anilines is 1. The molecule has 2 aliphatic rings. The topological polar surface area (TPSA) is 76.6 Å². The molecule has 3 aromatic carbocycles. The highest BCUT2D eigenvalue weighted by atomic mass is 16.4. The lowest BCUT2D eigenvalue weighted by Gasteiger charge is -2.41. The minimum absolute atomic E-state index is 0.213. The maximum Gasteiger partial charge on any atom is 0.341 e. The molecule has 6 nitrogen and oxygen atoms in total. The molecule has 0 spiro atoms. The summed E-state index contributed by atoms with van der Waals surface area (Å²) in [6.07, 6.45) is 4.40. The zero-order valence-corrected chi connectivity index (χ0v) is 24.2. The van der Waals surface area contributed by atoms with E-state index >= 15 is 0 Å². The highest BCUT2D eigenvalue weighted by molar-refractivity contribution is 5.88. The molecule has 3 atom stereocenters. The van der Waals surface area contributed by atoms with E-state index in [4.69, 9.17) is 0 Å². The molecule has 1 aliphatic heterocycles. The molecule has 0 bridgehead atoms. The van der Waals surface area contributed by atoms with Crippen LogP contribution < -0.4 is 10.5 Å². The lowest BCUT2D eigenvalue weighted by Crippen LogP contribution is -2.45. The standard InChI is InChI=1S/C36H39N3O3/c1-2-27-20-31(36(41)42)35(40)37-34(27)28-16-18-30(19-17-28)38-23-29-14-9-15-33(32(29)24-38)39(21-25-10-5-3-6-11-25)22-26-12-7-4-8-13-26/h3-8,10-13,16-20,29,32-33H,2,9,14-15,21-24H2,1H3,(H,37,40)(H,41,42). The van der Waals surface area contributed by atoms with Crippen LogP contribution in [0.1, 0.15) is 53.2 Å². The highest BCUT2D eigenvalue weighted by Gasteiger charge is 2.42. The number of fused-ring (bicyclic) bond motifs is 1. The van der Waals surface area contributed by atoms with Crippen molar-refractivity contribution in [3.8, 4) is 11.3 Å². The molecule has 1 aliphatic carbocycles. The summed E-state index contributed by atoms with van der Waals surface area (Å²) in [5.41, 5.74) is 5.57. The lowest BCUT2D eigenvalue weighted by atomic mass is 9.77. The zero-order chi connectivity index (χ0) is 29.1. The number of aryl methyl sites for hydroxylation is 1. The predicted octanol–water partition coefficient (Wildman–Crippen LogP) is 6.61. The van der Waals surface area contributed by atoms with E-state index in [-0.39, 0.29) is 5.56 Å². The van der Waals surface area contributed by atoms with Crippen LogP contribution in [0.15, 0.2) is 95.8 Å².